The molecule has 6 amide bonds. The maximum Gasteiger partial charge on any atom is 0.320 e. The predicted molar refractivity (Wildman–Crippen MR) is 238 cm³/mol. The number of hydrogen-bond donors (Lipinski definition) is 4. The van der Waals surface area contributed by atoms with Crippen molar-refractivity contribution in [2.45, 2.75) is 130 Å². The fourth-order valence-electron chi connectivity index (χ4n) is 8.11. The highest BCUT2D eigenvalue weighted by Gasteiger charge is 2.43. The van der Waals surface area contributed by atoms with E-state index in [2.05, 4.69) is 45.5 Å². The van der Waals surface area contributed by atoms with Crippen LogP contribution in [0, 0.1) is 10.8 Å². The number of carbonyl (C=O) groups is 5. The van der Waals surface area contributed by atoms with Gasteiger partial charge in [0, 0.05) is 51.4 Å². The van der Waals surface area contributed by atoms with Crippen LogP contribution in [0.1, 0.15) is 92.2 Å². The Kier molecular flexibility index (Phi) is 17.5. The van der Waals surface area contributed by atoms with Crippen LogP contribution in [-0.2, 0) is 32.0 Å². The molecule has 0 saturated carbocycles. The zero-order valence-corrected chi connectivity index (χ0v) is 38.1. The van der Waals surface area contributed by atoms with Crippen molar-refractivity contribution in [2.75, 3.05) is 53.4 Å². The zero-order valence-electron chi connectivity index (χ0n) is 38.1. The first-order valence-corrected chi connectivity index (χ1v) is 22.0. The van der Waals surface area contributed by atoms with Gasteiger partial charge in [-0.15, -0.1) is 0 Å². The number of nitrogens with zero attached hydrogens (tertiary/aromatic N) is 4. The normalized spacial score (nSPS) is 19.0. The largest absolute Gasteiger partial charge is 0.342 e. The maximum absolute atomic E-state index is 15.2. The Morgan fingerprint density at radius 3 is 1.28 bits per heavy atom. The van der Waals surface area contributed by atoms with E-state index in [9.17, 15) is 19.2 Å². The molecule has 2 aliphatic heterocycles. The fraction of sp³-hybridized carbons (Fsp3) is 0.638. The van der Waals surface area contributed by atoms with Crippen molar-refractivity contribution in [1.82, 2.24) is 40.9 Å². The highest BCUT2D eigenvalue weighted by atomic mass is 16.2. The number of urea groups is 1. The van der Waals surface area contributed by atoms with Crippen molar-refractivity contribution < 1.29 is 24.0 Å². The lowest BCUT2D eigenvalue weighted by atomic mass is 9.85. The van der Waals surface area contributed by atoms with Crippen molar-refractivity contribution in [1.29, 1.82) is 0 Å². The molecule has 2 saturated heterocycles. The average Bonchev–Trinajstić information content (AvgIpc) is 3.90. The monoisotopic (exact) mass is 831 g/mol. The Morgan fingerprint density at radius 2 is 0.967 bits per heavy atom. The predicted octanol–water partition coefficient (Wildman–Crippen LogP) is 4.46. The molecule has 0 spiro atoms. The maximum atomic E-state index is 15.2. The molecule has 6 atom stereocenters. The summed E-state index contributed by atoms with van der Waals surface area (Å²) in [7, 11) is 3.44. The molecule has 60 heavy (non-hydrogen) atoms. The summed E-state index contributed by atoms with van der Waals surface area (Å²) in [6.45, 7) is 18.0. The summed E-state index contributed by atoms with van der Waals surface area (Å²) in [6.07, 6.45) is 4.33. The highest BCUT2D eigenvalue weighted by Crippen LogP contribution is 2.29. The van der Waals surface area contributed by atoms with E-state index in [1.807, 2.05) is 97.5 Å². The van der Waals surface area contributed by atoms with Crippen molar-refractivity contribution in [2.24, 2.45) is 10.8 Å². The molecule has 13 nitrogen and oxygen atoms in total. The Labute approximate surface area is 359 Å². The van der Waals surface area contributed by atoms with Gasteiger partial charge in [0.15, 0.2) is 0 Å². The molecule has 2 fully saturated rings. The van der Waals surface area contributed by atoms with Gasteiger partial charge in [-0.2, -0.15) is 0 Å². The minimum atomic E-state index is -0.744. The van der Waals surface area contributed by atoms with Gasteiger partial charge >= 0.3 is 6.03 Å². The van der Waals surface area contributed by atoms with Crippen molar-refractivity contribution in [3.05, 3.63) is 71.8 Å². The van der Waals surface area contributed by atoms with Crippen molar-refractivity contribution >= 4 is 29.7 Å². The van der Waals surface area contributed by atoms with Gasteiger partial charge in [0.1, 0.15) is 12.1 Å². The van der Waals surface area contributed by atoms with Crippen molar-refractivity contribution in [3.63, 3.8) is 0 Å². The van der Waals surface area contributed by atoms with E-state index in [0.29, 0.717) is 52.1 Å². The first kappa shape index (κ1) is 48.2. The molecule has 332 valence electrons. The summed E-state index contributed by atoms with van der Waals surface area (Å²) < 4.78 is 0. The molecule has 0 aromatic heterocycles. The Morgan fingerprint density at radius 1 is 0.617 bits per heavy atom. The second-order valence-corrected chi connectivity index (χ2v) is 18.9. The zero-order chi connectivity index (χ0) is 44.2. The second kappa shape index (κ2) is 21.9. The Hall–Kier alpha value is -4.49. The summed E-state index contributed by atoms with van der Waals surface area (Å²) in [5.41, 5.74) is 1.12. The molecule has 4 rings (SSSR count). The van der Waals surface area contributed by atoms with E-state index in [1.54, 1.807) is 27.9 Å². The van der Waals surface area contributed by atoms with Crippen LogP contribution in [0.3, 0.4) is 0 Å². The van der Waals surface area contributed by atoms with Gasteiger partial charge < -0.3 is 40.9 Å². The molecule has 2 aliphatic rings. The van der Waals surface area contributed by atoms with Crippen LogP contribution < -0.4 is 21.3 Å². The number of amides is 6. The number of carbonyl (C=O) groups excluding carboxylic acids is 5. The van der Waals surface area contributed by atoms with Crippen LogP contribution in [-0.4, -0.2) is 139 Å². The molecule has 0 bridgehead atoms. The van der Waals surface area contributed by atoms with Crippen LogP contribution in [0.4, 0.5) is 4.79 Å². The molecule has 2 aromatic carbocycles. The van der Waals surface area contributed by atoms with Crippen LogP contribution in [0.2, 0.25) is 0 Å². The Bertz CT molecular complexity index is 1590. The van der Waals surface area contributed by atoms with Gasteiger partial charge in [-0.3, -0.25) is 19.2 Å². The third kappa shape index (κ3) is 13.3. The van der Waals surface area contributed by atoms with Crippen LogP contribution in [0.25, 0.3) is 0 Å². The van der Waals surface area contributed by atoms with Gasteiger partial charge in [-0.25, -0.2) is 4.79 Å². The number of likely N-dealkylation sites (N-methyl/N-ethyl adjacent to an activating group) is 2. The minimum absolute atomic E-state index is 0.132. The van der Waals surface area contributed by atoms with Gasteiger partial charge in [-0.1, -0.05) is 102 Å². The molecular formula is C47H74N8O5. The molecular weight excluding hydrogens is 757 g/mol. The van der Waals surface area contributed by atoms with Gasteiger partial charge in [0.2, 0.25) is 23.6 Å². The van der Waals surface area contributed by atoms with Crippen LogP contribution >= 0.6 is 0 Å². The Balaban J connectivity index is 1.66. The van der Waals surface area contributed by atoms with E-state index in [4.69, 9.17) is 0 Å². The highest BCUT2D eigenvalue weighted by molar-refractivity contribution is 5.91. The summed E-state index contributed by atoms with van der Waals surface area (Å²) in [5, 5.41) is 12.0. The van der Waals surface area contributed by atoms with E-state index in [1.165, 1.54) is 0 Å². The number of rotatable bonds is 18. The number of nitrogens with one attached hydrogen (secondary N) is 4. The lowest BCUT2D eigenvalue weighted by molar-refractivity contribution is -0.140. The molecule has 2 heterocycles. The SMILES string of the molecule is CN[C@@H](C)C(=O)N[C@H](C(=O)N1CCC[C@H]1CN(CCc1ccccc1)C(=O)N(CCc1ccccc1)C[C@@H]1CCCN1C(=O)[C@@H](NC(=O)[C@H](C)NC)C(C)(C)C)C(C)(C)C. The lowest BCUT2D eigenvalue weighted by Gasteiger charge is -2.40. The lowest BCUT2D eigenvalue weighted by Crippen LogP contribution is -2.60. The van der Waals surface area contributed by atoms with E-state index in [-0.39, 0.29) is 41.7 Å². The third-order valence-electron chi connectivity index (χ3n) is 12.2. The molecule has 13 heteroatoms. The van der Waals surface area contributed by atoms with Crippen LogP contribution in [0.15, 0.2) is 60.7 Å². The van der Waals surface area contributed by atoms with Gasteiger partial charge in [0.05, 0.1) is 12.1 Å². The number of benzene rings is 2. The smallest absolute Gasteiger partial charge is 0.320 e. The summed E-state index contributed by atoms with van der Waals surface area (Å²) in [6, 6.07) is 17.2. The van der Waals surface area contributed by atoms with E-state index < -0.39 is 35.0 Å². The average molecular weight is 831 g/mol. The number of hydrogen-bond acceptors (Lipinski definition) is 7. The minimum Gasteiger partial charge on any atom is -0.342 e. The van der Waals surface area contributed by atoms with E-state index >= 15 is 4.79 Å². The number of likely N-dealkylation sites (tertiary alicyclic amines) is 2. The topological polar surface area (TPSA) is 146 Å². The first-order chi connectivity index (χ1) is 28.3. The summed E-state index contributed by atoms with van der Waals surface area (Å²) in [4.78, 5) is 77.9. The third-order valence-corrected chi connectivity index (χ3v) is 12.2. The first-order valence-electron chi connectivity index (χ1n) is 22.0. The summed E-state index contributed by atoms with van der Waals surface area (Å²) in [5.74, 6) is -0.748. The molecule has 0 aliphatic carbocycles. The van der Waals surface area contributed by atoms with Gasteiger partial charge in [-0.05, 0) is 88.4 Å². The molecule has 4 N–H and O–H groups in total. The van der Waals surface area contributed by atoms with E-state index in [0.717, 1.165) is 36.8 Å². The fourth-order valence-corrected chi connectivity index (χ4v) is 8.11. The second-order valence-electron chi connectivity index (χ2n) is 18.9. The molecule has 2 aromatic rings. The molecule has 0 radical (unpaired) electrons. The summed E-state index contributed by atoms with van der Waals surface area (Å²) >= 11 is 0. The van der Waals surface area contributed by atoms with Crippen LogP contribution in [0.5, 0.6) is 0 Å². The molecule has 0 unspecified atom stereocenters. The van der Waals surface area contributed by atoms with Gasteiger partial charge in [0.25, 0.3) is 0 Å². The van der Waals surface area contributed by atoms with Crippen molar-refractivity contribution in [3.8, 4) is 0 Å². The quantitative estimate of drug-likeness (QED) is 0.174. The standard InChI is InChI=1S/C47H74N8O5/c1-33(48-9)41(56)50-39(46(3,4)5)43(58)54-27-17-23-37(54)31-52(29-25-35-19-13-11-14-20-35)45(60)53(30-26-36-21-15-12-16-22-36)32-38-24-18-28-55(38)44(59)40(47(6,7)8)51-42(57)34(2)49-10/h11-16,19-22,33-34,37-40,48-49H,17-18,23-32H2,1-10H3,(H,50,56)(H,51,57)/t33-,34-,37-,38-,39+,40+/m0/s1.